The minimum absolute atomic E-state index is 0.0537. The molecule has 3 aliphatic rings. The fourth-order valence-corrected chi connectivity index (χ4v) is 7.23. The summed E-state index contributed by atoms with van der Waals surface area (Å²) in [5, 5.41) is 11.9. The van der Waals surface area contributed by atoms with Crippen molar-refractivity contribution in [2.45, 2.75) is 44.6 Å². The molecule has 2 fully saturated rings. The highest BCUT2D eigenvalue weighted by Gasteiger charge is 2.45. The third-order valence-corrected chi connectivity index (χ3v) is 9.17. The Hall–Kier alpha value is -4.25. The average molecular weight is 590 g/mol. The molecular formula is C32H33F2N5O4. The number of primary amides is 1. The van der Waals surface area contributed by atoms with Crippen LogP contribution in [0.25, 0.3) is 32.9 Å². The molecule has 0 aliphatic carbocycles. The normalized spacial score (nSPS) is 17.7. The second-order valence-electron chi connectivity index (χ2n) is 11.7. The molecule has 2 aromatic heterocycles. The topological polar surface area (TPSA) is 114 Å². The highest BCUT2D eigenvalue weighted by Crippen LogP contribution is 2.44. The highest BCUT2D eigenvalue weighted by atomic mass is 19.1. The number of phenols is 1. The standard InChI is InChI=1S/C32H33F2N5O4/c1-2-20-22(33)6-5-18-13-19(40)14-21(26(18)20)29-28(34)30-27-23(38(16-24(35)41)11-12-42-31(27)37-29)15-25(36-30)43-17-32-7-3-9-39(32)10-4-8-32/h5-6,13-15,40H,2-4,7-12,16-17H2,1H3,(H2,35,41). The van der Waals surface area contributed by atoms with Gasteiger partial charge >= 0.3 is 0 Å². The molecule has 11 heteroatoms. The van der Waals surface area contributed by atoms with Crippen LogP contribution < -0.4 is 20.1 Å². The zero-order valence-electron chi connectivity index (χ0n) is 24.0. The molecule has 4 aromatic rings. The van der Waals surface area contributed by atoms with Gasteiger partial charge in [0.25, 0.3) is 0 Å². The van der Waals surface area contributed by atoms with Crippen LogP contribution in [0.15, 0.2) is 30.3 Å². The maximum absolute atomic E-state index is 16.8. The summed E-state index contributed by atoms with van der Waals surface area (Å²) in [5.41, 5.74) is 6.43. The van der Waals surface area contributed by atoms with Gasteiger partial charge in [0.15, 0.2) is 5.82 Å². The van der Waals surface area contributed by atoms with Crippen molar-refractivity contribution in [2.75, 3.05) is 44.3 Å². The van der Waals surface area contributed by atoms with E-state index in [9.17, 15) is 14.3 Å². The molecule has 0 unspecified atom stereocenters. The van der Waals surface area contributed by atoms with E-state index in [1.807, 2.05) is 6.92 Å². The van der Waals surface area contributed by atoms with Gasteiger partial charge in [-0.15, -0.1) is 0 Å². The van der Waals surface area contributed by atoms with Crippen LogP contribution in [-0.2, 0) is 11.2 Å². The van der Waals surface area contributed by atoms with Crippen LogP contribution in [0.5, 0.6) is 17.5 Å². The fourth-order valence-electron chi connectivity index (χ4n) is 7.23. The lowest BCUT2D eigenvalue weighted by atomic mass is 9.94. The average Bonchev–Trinajstić information content (AvgIpc) is 3.52. The Morgan fingerprint density at radius 1 is 1.12 bits per heavy atom. The first-order valence-corrected chi connectivity index (χ1v) is 14.8. The largest absolute Gasteiger partial charge is 0.508 e. The molecule has 1 amide bonds. The lowest BCUT2D eigenvalue weighted by Crippen LogP contribution is -2.43. The van der Waals surface area contributed by atoms with Crippen molar-refractivity contribution >= 4 is 33.3 Å². The number of hydrogen-bond donors (Lipinski definition) is 2. The molecule has 0 saturated carbocycles. The fraction of sp³-hybridized carbons (Fsp3) is 0.406. The molecule has 0 spiro atoms. The lowest BCUT2D eigenvalue weighted by Gasteiger charge is -2.31. The maximum atomic E-state index is 16.8. The number of anilines is 1. The summed E-state index contributed by atoms with van der Waals surface area (Å²) in [7, 11) is 0. The van der Waals surface area contributed by atoms with Crippen LogP contribution in [0.2, 0.25) is 0 Å². The van der Waals surface area contributed by atoms with Crippen LogP contribution in [0.1, 0.15) is 38.2 Å². The first-order chi connectivity index (χ1) is 20.8. The number of carbonyl (C=O) groups is 1. The molecule has 3 N–H and O–H groups in total. The van der Waals surface area contributed by atoms with Crippen molar-refractivity contribution < 1.29 is 28.2 Å². The van der Waals surface area contributed by atoms with Gasteiger partial charge in [0.1, 0.15) is 36.0 Å². The number of nitrogens with zero attached hydrogens (tertiary/aromatic N) is 4. The Bertz CT molecular complexity index is 1770. The number of phenolic OH excluding ortho intramolecular Hbond substituents is 1. The Kier molecular flexibility index (Phi) is 6.72. The van der Waals surface area contributed by atoms with E-state index in [1.54, 1.807) is 17.0 Å². The second kappa shape index (κ2) is 10.5. The van der Waals surface area contributed by atoms with E-state index in [0.717, 1.165) is 38.8 Å². The van der Waals surface area contributed by atoms with Crippen molar-refractivity contribution in [3.05, 3.63) is 47.5 Å². The molecule has 0 atom stereocenters. The highest BCUT2D eigenvalue weighted by molar-refractivity contribution is 6.04. The van der Waals surface area contributed by atoms with E-state index < -0.39 is 17.5 Å². The van der Waals surface area contributed by atoms with Gasteiger partial charge in [-0.05, 0) is 79.7 Å². The van der Waals surface area contributed by atoms with Crippen molar-refractivity contribution in [3.8, 4) is 28.8 Å². The van der Waals surface area contributed by atoms with Gasteiger partial charge < -0.3 is 25.2 Å². The Labute approximate surface area is 247 Å². The van der Waals surface area contributed by atoms with Crippen LogP contribution in [0, 0.1) is 11.6 Å². The predicted octanol–water partition coefficient (Wildman–Crippen LogP) is 4.69. The molecule has 2 aromatic carbocycles. The van der Waals surface area contributed by atoms with Crippen LogP contribution >= 0.6 is 0 Å². The number of nitrogens with two attached hydrogens (primary N) is 1. The van der Waals surface area contributed by atoms with Crippen LogP contribution in [-0.4, -0.2) is 70.8 Å². The van der Waals surface area contributed by atoms with E-state index in [-0.39, 0.29) is 53.0 Å². The number of carbonyl (C=O) groups excluding carboxylic acids is 1. The van der Waals surface area contributed by atoms with Crippen molar-refractivity contribution in [1.82, 2.24) is 14.9 Å². The monoisotopic (exact) mass is 589 g/mol. The van der Waals surface area contributed by atoms with Gasteiger partial charge in [0, 0.05) is 11.6 Å². The number of benzene rings is 2. The molecule has 0 radical (unpaired) electrons. The predicted molar refractivity (Wildman–Crippen MR) is 159 cm³/mol. The van der Waals surface area contributed by atoms with E-state index in [0.29, 0.717) is 47.0 Å². The number of aromatic hydroxyl groups is 1. The van der Waals surface area contributed by atoms with Crippen LogP contribution in [0.3, 0.4) is 0 Å². The molecule has 3 aliphatic heterocycles. The minimum atomic E-state index is -0.769. The molecular weight excluding hydrogens is 556 g/mol. The second-order valence-corrected chi connectivity index (χ2v) is 11.7. The molecule has 0 bridgehead atoms. The first kappa shape index (κ1) is 27.6. The molecule has 224 valence electrons. The smallest absolute Gasteiger partial charge is 0.236 e. The number of halogens is 2. The first-order valence-electron chi connectivity index (χ1n) is 14.8. The maximum Gasteiger partial charge on any atom is 0.236 e. The third-order valence-electron chi connectivity index (χ3n) is 9.17. The summed E-state index contributed by atoms with van der Waals surface area (Å²) in [5.74, 6) is -1.52. The Balaban J connectivity index is 1.44. The Morgan fingerprint density at radius 2 is 1.91 bits per heavy atom. The number of rotatable bonds is 7. The van der Waals surface area contributed by atoms with E-state index in [1.165, 1.54) is 18.2 Å². The SMILES string of the molecule is CCc1c(F)ccc2cc(O)cc(-c3nc4c5c(cc(OCC67CCCN6CCC7)nc5c3F)N(CC(N)=O)CCO4)c12. The van der Waals surface area contributed by atoms with Gasteiger partial charge in [-0.2, -0.15) is 0 Å². The van der Waals surface area contributed by atoms with Gasteiger partial charge in [0.2, 0.25) is 17.7 Å². The van der Waals surface area contributed by atoms with E-state index >= 15 is 4.39 Å². The van der Waals surface area contributed by atoms with Crippen molar-refractivity contribution in [1.29, 1.82) is 0 Å². The Morgan fingerprint density at radius 3 is 2.65 bits per heavy atom. The summed E-state index contributed by atoms with van der Waals surface area (Å²) in [6.45, 7) is 4.64. The number of ether oxygens (including phenoxy) is 2. The quantitative estimate of drug-likeness (QED) is 0.319. The molecule has 5 heterocycles. The summed E-state index contributed by atoms with van der Waals surface area (Å²) >= 11 is 0. The number of hydrogen-bond acceptors (Lipinski definition) is 8. The third kappa shape index (κ3) is 4.57. The number of pyridine rings is 2. The zero-order valence-corrected chi connectivity index (χ0v) is 24.0. The summed E-state index contributed by atoms with van der Waals surface area (Å²) in [6, 6.07) is 7.49. The van der Waals surface area contributed by atoms with E-state index in [4.69, 9.17) is 15.2 Å². The van der Waals surface area contributed by atoms with Gasteiger partial charge in [-0.3, -0.25) is 9.69 Å². The molecule has 7 rings (SSSR count). The number of amides is 1. The summed E-state index contributed by atoms with van der Waals surface area (Å²) < 4.78 is 44.1. The van der Waals surface area contributed by atoms with Gasteiger partial charge in [-0.25, -0.2) is 18.7 Å². The number of aryl methyl sites for hydroxylation is 1. The minimum Gasteiger partial charge on any atom is -0.508 e. The summed E-state index contributed by atoms with van der Waals surface area (Å²) in [6.07, 6.45) is 4.62. The van der Waals surface area contributed by atoms with Crippen molar-refractivity contribution in [2.24, 2.45) is 5.73 Å². The van der Waals surface area contributed by atoms with Crippen molar-refractivity contribution in [3.63, 3.8) is 0 Å². The zero-order chi connectivity index (χ0) is 29.9. The lowest BCUT2D eigenvalue weighted by molar-refractivity contribution is -0.116. The molecule has 2 saturated heterocycles. The summed E-state index contributed by atoms with van der Waals surface area (Å²) in [4.78, 5) is 25.4. The van der Waals surface area contributed by atoms with Gasteiger partial charge in [-0.1, -0.05) is 13.0 Å². The van der Waals surface area contributed by atoms with Crippen LogP contribution in [0.4, 0.5) is 14.5 Å². The van der Waals surface area contributed by atoms with Gasteiger partial charge in [0.05, 0.1) is 29.7 Å². The number of fused-ring (bicyclic) bond motifs is 2. The number of aromatic nitrogens is 2. The molecule has 43 heavy (non-hydrogen) atoms. The van der Waals surface area contributed by atoms with E-state index in [2.05, 4.69) is 14.9 Å². The molecule has 9 nitrogen and oxygen atoms in total.